The van der Waals surface area contributed by atoms with E-state index in [9.17, 15) is 9.90 Å². The first-order valence-corrected chi connectivity index (χ1v) is 5.59. The molecule has 0 amide bonds. The number of rotatable bonds is 4. The number of aliphatic hydroxyl groups excluding tert-OH is 1. The molecule has 0 saturated heterocycles. The molecule has 0 fully saturated rings. The lowest BCUT2D eigenvalue weighted by Gasteiger charge is -2.11. The maximum Gasteiger partial charge on any atom is 0.335 e. The van der Waals surface area contributed by atoms with Crippen LogP contribution in [-0.4, -0.2) is 23.8 Å². The van der Waals surface area contributed by atoms with E-state index >= 15 is 0 Å². The van der Waals surface area contributed by atoms with Gasteiger partial charge in [0.2, 0.25) is 0 Å². The summed E-state index contributed by atoms with van der Waals surface area (Å²) in [7, 11) is 0. The molecule has 1 unspecified atom stereocenters. The highest BCUT2D eigenvalue weighted by atomic mass is 35.5. The van der Waals surface area contributed by atoms with Gasteiger partial charge >= 0.3 is 5.97 Å². The molecule has 0 spiro atoms. The van der Waals surface area contributed by atoms with Gasteiger partial charge in [-0.25, -0.2) is 4.79 Å². The SMILES string of the molecule is CCOC(=O)C(O)Cc1c(Cl)cccc1Cl. The third kappa shape index (κ3) is 3.37. The third-order valence-corrected chi connectivity index (χ3v) is 2.73. The number of hydrogen-bond acceptors (Lipinski definition) is 3. The fourth-order valence-corrected chi connectivity index (χ4v) is 1.79. The van der Waals surface area contributed by atoms with Crippen molar-refractivity contribution >= 4 is 29.2 Å². The smallest absolute Gasteiger partial charge is 0.335 e. The van der Waals surface area contributed by atoms with Crippen molar-refractivity contribution in [2.45, 2.75) is 19.4 Å². The van der Waals surface area contributed by atoms with Crippen molar-refractivity contribution < 1.29 is 14.6 Å². The number of carbonyl (C=O) groups excluding carboxylic acids is 1. The Labute approximate surface area is 104 Å². The second-order valence-electron chi connectivity index (χ2n) is 3.17. The van der Waals surface area contributed by atoms with Crippen LogP contribution in [-0.2, 0) is 16.0 Å². The monoisotopic (exact) mass is 262 g/mol. The molecule has 0 aliphatic heterocycles. The van der Waals surface area contributed by atoms with E-state index in [1.54, 1.807) is 25.1 Å². The molecule has 0 saturated carbocycles. The Morgan fingerprint density at radius 1 is 1.44 bits per heavy atom. The van der Waals surface area contributed by atoms with Crippen molar-refractivity contribution in [3.05, 3.63) is 33.8 Å². The minimum Gasteiger partial charge on any atom is -0.464 e. The van der Waals surface area contributed by atoms with Crippen LogP contribution >= 0.6 is 23.2 Å². The number of aliphatic hydroxyl groups is 1. The number of ether oxygens (including phenoxy) is 1. The first kappa shape index (κ1) is 13.3. The average molecular weight is 263 g/mol. The Morgan fingerprint density at radius 2 is 2.00 bits per heavy atom. The van der Waals surface area contributed by atoms with Gasteiger partial charge < -0.3 is 9.84 Å². The lowest BCUT2D eigenvalue weighted by Crippen LogP contribution is -2.25. The molecule has 1 aromatic carbocycles. The number of esters is 1. The summed E-state index contributed by atoms with van der Waals surface area (Å²) in [6.45, 7) is 1.90. The Kier molecular flexibility index (Phi) is 5.06. The van der Waals surface area contributed by atoms with Gasteiger partial charge in [-0.2, -0.15) is 0 Å². The molecule has 1 N–H and O–H groups in total. The molecule has 0 radical (unpaired) electrons. The van der Waals surface area contributed by atoms with Gasteiger partial charge in [-0.3, -0.25) is 0 Å². The average Bonchev–Trinajstić information content (AvgIpc) is 2.23. The van der Waals surface area contributed by atoms with Gasteiger partial charge in [0.1, 0.15) is 0 Å². The third-order valence-electron chi connectivity index (χ3n) is 2.02. The molecule has 0 aliphatic carbocycles. The predicted molar refractivity (Wildman–Crippen MR) is 62.8 cm³/mol. The van der Waals surface area contributed by atoms with Gasteiger partial charge in [-0.05, 0) is 24.6 Å². The van der Waals surface area contributed by atoms with Crippen LogP contribution in [0.4, 0.5) is 0 Å². The maximum absolute atomic E-state index is 11.2. The lowest BCUT2D eigenvalue weighted by atomic mass is 10.1. The van der Waals surface area contributed by atoms with Crippen LogP contribution < -0.4 is 0 Å². The van der Waals surface area contributed by atoms with E-state index in [1.165, 1.54) is 0 Å². The van der Waals surface area contributed by atoms with Crippen LogP contribution in [0.1, 0.15) is 12.5 Å². The molecule has 0 aliphatic rings. The Bertz CT molecular complexity index is 359. The molecule has 1 aromatic rings. The van der Waals surface area contributed by atoms with Crippen molar-refractivity contribution in [1.82, 2.24) is 0 Å². The van der Waals surface area contributed by atoms with E-state index in [-0.39, 0.29) is 13.0 Å². The zero-order valence-corrected chi connectivity index (χ0v) is 10.3. The molecule has 1 atom stereocenters. The van der Waals surface area contributed by atoms with Gasteiger partial charge in [-0.1, -0.05) is 29.3 Å². The fraction of sp³-hybridized carbons (Fsp3) is 0.364. The van der Waals surface area contributed by atoms with Crippen molar-refractivity contribution in [3.8, 4) is 0 Å². The standard InChI is InChI=1S/C11H12Cl2O3/c1-2-16-11(15)10(14)6-7-8(12)4-3-5-9(7)13/h3-5,10,14H,2,6H2,1H3. The number of halogens is 2. The molecule has 3 nitrogen and oxygen atoms in total. The van der Waals surface area contributed by atoms with E-state index in [2.05, 4.69) is 4.74 Å². The second-order valence-corrected chi connectivity index (χ2v) is 3.99. The van der Waals surface area contributed by atoms with Crippen LogP contribution in [0.15, 0.2) is 18.2 Å². The normalized spacial score (nSPS) is 12.2. The van der Waals surface area contributed by atoms with Crippen LogP contribution in [0.5, 0.6) is 0 Å². The van der Waals surface area contributed by atoms with Crippen LogP contribution in [0, 0.1) is 0 Å². The van der Waals surface area contributed by atoms with E-state index < -0.39 is 12.1 Å². The highest BCUT2D eigenvalue weighted by molar-refractivity contribution is 6.36. The highest BCUT2D eigenvalue weighted by Gasteiger charge is 2.19. The van der Waals surface area contributed by atoms with Crippen LogP contribution in [0.2, 0.25) is 10.0 Å². The van der Waals surface area contributed by atoms with Crippen molar-refractivity contribution in [3.63, 3.8) is 0 Å². The quantitative estimate of drug-likeness (QED) is 0.849. The van der Waals surface area contributed by atoms with E-state index in [0.29, 0.717) is 15.6 Å². The molecule has 0 bridgehead atoms. The Hall–Kier alpha value is -0.770. The highest BCUT2D eigenvalue weighted by Crippen LogP contribution is 2.25. The van der Waals surface area contributed by atoms with Gasteiger partial charge in [0.25, 0.3) is 0 Å². The van der Waals surface area contributed by atoms with Gasteiger partial charge in [0.15, 0.2) is 6.10 Å². The summed E-state index contributed by atoms with van der Waals surface area (Å²) in [6, 6.07) is 5.01. The fourth-order valence-electron chi connectivity index (χ4n) is 1.24. The molecule has 88 valence electrons. The van der Waals surface area contributed by atoms with Crippen molar-refractivity contribution in [1.29, 1.82) is 0 Å². The summed E-state index contributed by atoms with van der Waals surface area (Å²) in [4.78, 5) is 11.2. The summed E-state index contributed by atoms with van der Waals surface area (Å²) < 4.78 is 4.68. The first-order valence-electron chi connectivity index (χ1n) is 4.83. The largest absolute Gasteiger partial charge is 0.464 e. The molecule has 0 aromatic heterocycles. The molecule has 5 heteroatoms. The number of benzene rings is 1. The Morgan fingerprint density at radius 3 is 2.50 bits per heavy atom. The van der Waals surface area contributed by atoms with E-state index in [1.807, 2.05) is 0 Å². The number of carbonyl (C=O) groups is 1. The summed E-state index contributed by atoms with van der Waals surface area (Å²) in [5.41, 5.74) is 0.548. The van der Waals surface area contributed by atoms with Crippen molar-refractivity contribution in [2.24, 2.45) is 0 Å². The minimum atomic E-state index is -1.24. The Balaban J connectivity index is 2.76. The summed E-state index contributed by atoms with van der Waals surface area (Å²) in [5.74, 6) is -0.668. The topological polar surface area (TPSA) is 46.5 Å². The second kappa shape index (κ2) is 6.09. The maximum atomic E-state index is 11.2. The van der Waals surface area contributed by atoms with Gasteiger partial charge in [0.05, 0.1) is 6.61 Å². The van der Waals surface area contributed by atoms with E-state index in [4.69, 9.17) is 23.2 Å². The molecular weight excluding hydrogens is 251 g/mol. The van der Waals surface area contributed by atoms with Crippen LogP contribution in [0.3, 0.4) is 0 Å². The molecule has 1 rings (SSSR count). The number of hydrogen-bond donors (Lipinski definition) is 1. The minimum absolute atomic E-state index is 0.0529. The first-order chi connectivity index (χ1) is 7.56. The summed E-state index contributed by atoms with van der Waals surface area (Å²) in [6.07, 6.45) is -1.19. The molecular formula is C11H12Cl2O3. The van der Waals surface area contributed by atoms with Gasteiger partial charge in [0, 0.05) is 16.5 Å². The lowest BCUT2D eigenvalue weighted by molar-refractivity contribution is -0.152. The summed E-state index contributed by atoms with van der Waals surface area (Å²) >= 11 is 11.8. The van der Waals surface area contributed by atoms with Crippen LogP contribution in [0.25, 0.3) is 0 Å². The zero-order chi connectivity index (χ0) is 12.1. The summed E-state index contributed by atoms with van der Waals surface area (Å²) in [5, 5.41) is 10.4. The van der Waals surface area contributed by atoms with Gasteiger partial charge in [-0.15, -0.1) is 0 Å². The van der Waals surface area contributed by atoms with Crippen molar-refractivity contribution in [2.75, 3.05) is 6.61 Å². The molecule has 16 heavy (non-hydrogen) atoms. The zero-order valence-electron chi connectivity index (χ0n) is 8.74. The predicted octanol–water partition coefficient (Wildman–Crippen LogP) is 2.46. The molecule has 0 heterocycles. The van der Waals surface area contributed by atoms with E-state index in [0.717, 1.165) is 0 Å².